The number of tetrazole rings is 1. The lowest BCUT2D eigenvalue weighted by Crippen LogP contribution is -2.02. The van der Waals surface area contributed by atoms with Gasteiger partial charge in [-0.1, -0.05) is 116 Å². The molecule has 0 aliphatic heterocycles. The number of nitrogens with zero attached hydrogens (tertiary/aromatic N) is 4. The van der Waals surface area contributed by atoms with Crippen molar-refractivity contribution in [2.45, 2.75) is 123 Å². The molecule has 0 N–H and O–H groups in total. The van der Waals surface area contributed by atoms with E-state index in [9.17, 15) is 0 Å². The minimum Gasteiger partial charge on any atom is -0.494 e. The number of hydrogen-bond acceptors (Lipinski definition) is 4. The molecule has 3 rings (SSSR count). The molecule has 0 saturated carbocycles. The molecule has 0 aliphatic rings. The van der Waals surface area contributed by atoms with E-state index in [4.69, 9.17) is 4.74 Å². The van der Waals surface area contributed by atoms with E-state index in [0.29, 0.717) is 5.82 Å². The summed E-state index contributed by atoms with van der Waals surface area (Å²) < 4.78 is 5.91. The number of unbranched alkanes of at least 4 members (excludes halogenated alkanes) is 14. The Balaban J connectivity index is 1.34. The zero-order chi connectivity index (χ0) is 28.1. The quantitative estimate of drug-likeness (QED) is 0.105. The number of rotatable bonds is 20. The molecule has 0 unspecified atom stereocenters. The van der Waals surface area contributed by atoms with Gasteiger partial charge in [0.2, 0.25) is 5.82 Å². The molecule has 3 aromatic rings. The Kier molecular flexibility index (Phi) is 15.6. The minimum atomic E-state index is 0.668. The largest absolute Gasteiger partial charge is 0.494 e. The molecule has 5 nitrogen and oxygen atoms in total. The number of ether oxygens (including phenoxy) is 1. The van der Waals surface area contributed by atoms with Gasteiger partial charge < -0.3 is 4.74 Å². The first-order valence-corrected chi connectivity index (χ1v) is 15.9. The van der Waals surface area contributed by atoms with E-state index in [2.05, 4.69) is 41.1 Å². The van der Waals surface area contributed by atoms with Crippen LogP contribution in [0.3, 0.4) is 0 Å². The van der Waals surface area contributed by atoms with E-state index >= 15 is 0 Å². The monoisotopic (exact) mass is 542 g/mol. The Morgan fingerprint density at radius 2 is 1.10 bits per heavy atom. The van der Waals surface area contributed by atoms with Gasteiger partial charge in [-0.3, -0.25) is 0 Å². The third kappa shape index (κ3) is 12.8. The summed E-state index contributed by atoms with van der Waals surface area (Å²) in [6, 6.07) is 16.2. The van der Waals surface area contributed by atoms with Gasteiger partial charge in [0.25, 0.3) is 0 Å². The molecule has 0 aliphatic carbocycles. The summed E-state index contributed by atoms with van der Waals surface area (Å²) in [5.74, 6) is 8.09. The van der Waals surface area contributed by atoms with Crippen molar-refractivity contribution in [3.8, 4) is 29.0 Å². The molecule has 0 amide bonds. The Labute approximate surface area is 243 Å². The van der Waals surface area contributed by atoms with Gasteiger partial charge in [0.1, 0.15) is 5.75 Å². The van der Waals surface area contributed by atoms with Crippen LogP contribution in [0.1, 0.15) is 128 Å². The number of hydrogen-bond donors (Lipinski definition) is 0. The van der Waals surface area contributed by atoms with Crippen molar-refractivity contribution in [2.24, 2.45) is 0 Å². The fourth-order valence-electron chi connectivity index (χ4n) is 4.75. The summed E-state index contributed by atoms with van der Waals surface area (Å²) in [7, 11) is 0. The number of benzene rings is 2. The van der Waals surface area contributed by atoms with E-state index in [1.807, 2.05) is 48.5 Å². The molecule has 0 spiro atoms. The molecule has 0 radical (unpaired) electrons. The summed E-state index contributed by atoms with van der Waals surface area (Å²) in [5, 5.41) is 13.1. The van der Waals surface area contributed by atoms with Crippen molar-refractivity contribution in [3.63, 3.8) is 0 Å². The molecule has 0 saturated heterocycles. The third-order valence-electron chi connectivity index (χ3n) is 7.28. The van der Waals surface area contributed by atoms with Crippen LogP contribution in [0.4, 0.5) is 0 Å². The Morgan fingerprint density at radius 3 is 1.68 bits per heavy atom. The molecule has 1 heterocycles. The highest BCUT2D eigenvalue weighted by atomic mass is 16.5. The summed E-state index contributed by atoms with van der Waals surface area (Å²) in [6.45, 7) is 6.14. The maximum Gasteiger partial charge on any atom is 0.204 e. The van der Waals surface area contributed by atoms with E-state index in [-0.39, 0.29) is 0 Å². The van der Waals surface area contributed by atoms with Gasteiger partial charge >= 0.3 is 0 Å². The molecule has 1 aromatic heterocycles. The number of aryl methyl sites for hydroxylation is 1. The highest BCUT2D eigenvalue weighted by Crippen LogP contribution is 2.16. The molecule has 40 heavy (non-hydrogen) atoms. The summed E-state index contributed by atoms with van der Waals surface area (Å²) in [5.41, 5.74) is 2.91. The minimum absolute atomic E-state index is 0.668. The summed E-state index contributed by atoms with van der Waals surface area (Å²) in [4.78, 5) is 1.73. The van der Waals surface area contributed by atoms with Crippen LogP contribution < -0.4 is 4.74 Å². The van der Waals surface area contributed by atoms with Gasteiger partial charge in [-0.2, -0.15) is 4.80 Å². The third-order valence-corrected chi connectivity index (χ3v) is 7.28. The second-order valence-electron chi connectivity index (χ2n) is 10.9. The Hall–Kier alpha value is -3.13. The van der Waals surface area contributed by atoms with E-state index in [1.54, 1.807) is 4.80 Å². The van der Waals surface area contributed by atoms with E-state index < -0.39 is 0 Å². The predicted octanol–water partition coefficient (Wildman–Crippen LogP) is 9.40. The zero-order valence-electron chi connectivity index (χ0n) is 25.0. The topological polar surface area (TPSA) is 52.8 Å². The predicted molar refractivity (Wildman–Crippen MR) is 166 cm³/mol. The van der Waals surface area contributed by atoms with Gasteiger partial charge in [0.15, 0.2) is 0 Å². The van der Waals surface area contributed by atoms with Crippen molar-refractivity contribution in [3.05, 3.63) is 59.7 Å². The van der Waals surface area contributed by atoms with Gasteiger partial charge in [-0.25, -0.2) is 0 Å². The fourth-order valence-corrected chi connectivity index (χ4v) is 4.75. The smallest absolute Gasteiger partial charge is 0.204 e. The molecule has 0 atom stereocenters. The van der Waals surface area contributed by atoms with Gasteiger partial charge in [-0.05, 0) is 66.6 Å². The first-order valence-electron chi connectivity index (χ1n) is 15.9. The summed E-state index contributed by atoms with van der Waals surface area (Å²) in [6.07, 6.45) is 20.9. The van der Waals surface area contributed by atoms with E-state index in [1.165, 1.54) is 89.9 Å². The normalized spacial score (nSPS) is 10.8. The van der Waals surface area contributed by atoms with Crippen LogP contribution in [0, 0.1) is 11.8 Å². The maximum absolute atomic E-state index is 5.91. The first kappa shape index (κ1) is 31.4. The van der Waals surface area contributed by atoms with Crippen molar-refractivity contribution in [1.29, 1.82) is 0 Å². The molecule has 5 heteroatoms. The Bertz CT molecular complexity index is 1110. The molecule has 2 aromatic carbocycles. The summed E-state index contributed by atoms with van der Waals surface area (Å²) >= 11 is 0. The second-order valence-corrected chi connectivity index (χ2v) is 10.9. The number of aromatic nitrogens is 4. The highest BCUT2D eigenvalue weighted by molar-refractivity contribution is 5.56. The average molecular weight is 543 g/mol. The van der Waals surface area contributed by atoms with Crippen LogP contribution in [-0.4, -0.2) is 26.8 Å². The van der Waals surface area contributed by atoms with Crippen molar-refractivity contribution in [1.82, 2.24) is 20.2 Å². The zero-order valence-corrected chi connectivity index (χ0v) is 25.0. The highest BCUT2D eigenvalue weighted by Gasteiger charge is 2.06. The van der Waals surface area contributed by atoms with Crippen molar-refractivity contribution in [2.75, 3.05) is 6.61 Å². The Morgan fingerprint density at radius 1 is 0.600 bits per heavy atom. The standard InChI is InChI=1S/C35H50N4O/c1-3-5-7-9-11-13-15-17-29-39-37-35(36-38-39)33-25-21-31(22-26-33)19-20-32-23-27-34(28-24-32)40-30-18-16-14-12-10-8-6-4-2/h21-28H,3-18,29-30H2,1-2H3. The SMILES string of the molecule is CCCCCCCCCCOc1ccc(C#Cc2ccc(-c3nnn(CCCCCCCCCC)n3)cc2)cc1. The average Bonchev–Trinajstić information content (AvgIpc) is 3.46. The molecule has 216 valence electrons. The lowest BCUT2D eigenvalue weighted by atomic mass is 10.1. The molecule has 0 bridgehead atoms. The fraction of sp³-hybridized carbons (Fsp3) is 0.571. The maximum atomic E-state index is 5.91. The van der Waals surface area contributed by atoms with Crippen LogP contribution in [0.15, 0.2) is 48.5 Å². The van der Waals surface area contributed by atoms with Gasteiger partial charge in [-0.15, -0.1) is 10.2 Å². The molecular weight excluding hydrogens is 492 g/mol. The van der Waals surface area contributed by atoms with Crippen LogP contribution in [0.5, 0.6) is 5.75 Å². The molecular formula is C35H50N4O. The van der Waals surface area contributed by atoms with Crippen LogP contribution >= 0.6 is 0 Å². The van der Waals surface area contributed by atoms with Crippen LogP contribution in [0.2, 0.25) is 0 Å². The lowest BCUT2D eigenvalue weighted by molar-refractivity contribution is 0.304. The lowest BCUT2D eigenvalue weighted by Gasteiger charge is -2.06. The van der Waals surface area contributed by atoms with Gasteiger partial charge in [0.05, 0.1) is 13.2 Å². The molecule has 0 fully saturated rings. The van der Waals surface area contributed by atoms with Crippen molar-refractivity contribution >= 4 is 0 Å². The van der Waals surface area contributed by atoms with Crippen LogP contribution in [-0.2, 0) is 6.54 Å². The van der Waals surface area contributed by atoms with Gasteiger partial charge in [0, 0.05) is 16.7 Å². The first-order chi connectivity index (χ1) is 19.8. The second kappa shape index (κ2) is 19.9. The van der Waals surface area contributed by atoms with Crippen LogP contribution in [0.25, 0.3) is 11.4 Å². The van der Waals surface area contributed by atoms with Crippen molar-refractivity contribution < 1.29 is 4.74 Å². The van der Waals surface area contributed by atoms with E-state index in [0.717, 1.165) is 48.4 Å².